The Morgan fingerprint density at radius 2 is 2.15 bits per heavy atom. The average molecular weight is 363 g/mol. The van der Waals surface area contributed by atoms with Crippen LogP contribution in [0.3, 0.4) is 0 Å². The second kappa shape index (κ2) is 6.99. The Morgan fingerprint density at radius 3 is 2.85 bits per heavy atom. The van der Waals surface area contributed by atoms with Crippen molar-refractivity contribution in [1.29, 1.82) is 5.26 Å². The summed E-state index contributed by atoms with van der Waals surface area (Å²) in [6.45, 7) is 2.96. The first-order chi connectivity index (χ1) is 13.1. The number of rotatable bonds is 3. The normalized spacial score (nSPS) is 16.9. The molecule has 27 heavy (non-hydrogen) atoms. The first-order valence-electron chi connectivity index (χ1n) is 8.66. The molecule has 1 aromatic carbocycles. The highest BCUT2D eigenvalue weighted by molar-refractivity contribution is 5.94. The van der Waals surface area contributed by atoms with Gasteiger partial charge in [0.1, 0.15) is 0 Å². The number of nitrogens with zero attached hydrogens (tertiary/aromatic N) is 7. The molecule has 2 aromatic heterocycles. The summed E-state index contributed by atoms with van der Waals surface area (Å²) in [5.74, 6) is 0.829. The summed E-state index contributed by atoms with van der Waals surface area (Å²) in [4.78, 5) is 18.7. The molecule has 1 atom stereocenters. The molecule has 0 saturated carbocycles. The van der Waals surface area contributed by atoms with Gasteiger partial charge in [-0.1, -0.05) is 10.4 Å². The molecule has 9 nitrogen and oxygen atoms in total. The Morgan fingerprint density at radius 1 is 1.33 bits per heavy atom. The van der Waals surface area contributed by atoms with Gasteiger partial charge in [-0.3, -0.25) is 4.79 Å². The van der Waals surface area contributed by atoms with E-state index in [9.17, 15) is 4.79 Å². The van der Waals surface area contributed by atoms with E-state index >= 15 is 0 Å². The van der Waals surface area contributed by atoms with Crippen LogP contribution in [0.25, 0.3) is 11.5 Å². The zero-order valence-corrected chi connectivity index (χ0v) is 14.7. The van der Waals surface area contributed by atoms with Crippen LogP contribution < -0.4 is 0 Å². The van der Waals surface area contributed by atoms with E-state index in [1.165, 1.54) is 0 Å². The standard InChI is InChI=1S/C18H17N7O2/c1-12-20-17(22-27-12)16-11-25(23-21-16)15-3-2-8-24(10-15)18(26)14-6-4-13(9-19)5-7-14/h4-7,11,15H,2-3,8,10H2,1H3. The van der Waals surface area contributed by atoms with Crippen molar-refractivity contribution < 1.29 is 9.32 Å². The van der Waals surface area contributed by atoms with E-state index in [1.54, 1.807) is 42.1 Å². The fourth-order valence-corrected chi connectivity index (χ4v) is 3.19. The number of piperidine rings is 1. The number of aryl methyl sites for hydroxylation is 1. The van der Waals surface area contributed by atoms with Crippen LogP contribution in [-0.4, -0.2) is 49.0 Å². The summed E-state index contributed by atoms with van der Waals surface area (Å²) >= 11 is 0. The third kappa shape index (κ3) is 3.42. The molecule has 0 bridgehead atoms. The molecule has 0 N–H and O–H groups in total. The van der Waals surface area contributed by atoms with E-state index in [0.717, 1.165) is 12.8 Å². The van der Waals surface area contributed by atoms with Gasteiger partial charge in [-0.25, -0.2) is 4.68 Å². The Labute approximate surface area is 155 Å². The molecule has 1 fully saturated rings. The van der Waals surface area contributed by atoms with Gasteiger partial charge in [-0.05, 0) is 37.1 Å². The SMILES string of the molecule is Cc1nc(-c2cn(C3CCCN(C(=O)c4ccc(C#N)cc4)C3)nn2)no1. The maximum atomic E-state index is 12.8. The maximum absolute atomic E-state index is 12.8. The van der Waals surface area contributed by atoms with Crippen LogP contribution in [0.15, 0.2) is 35.0 Å². The van der Waals surface area contributed by atoms with Gasteiger partial charge in [0.25, 0.3) is 5.91 Å². The van der Waals surface area contributed by atoms with E-state index in [1.807, 2.05) is 4.90 Å². The lowest BCUT2D eigenvalue weighted by Crippen LogP contribution is -2.40. The summed E-state index contributed by atoms with van der Waals surface area (Å²) < 4.78 is 6.74. The lowest BCUT2D eigenvalue weighted by molar-refractivity contribution is 0.0672. The van der Waals surface area contributed by atoms with Crippen LogP contribution in [0.4, 0.5) is 0 Å². The molecule has 0 spiro atoms. The molecular weight excluding hydrogens is 346 g/mol. The smallest absolute Gasteiger partial charge is 0.253 e. The van der Waals surface area contributed by atoms with Crippen LogP contribution in [0, 0.1) is 18.3 Å². The lowest BCUT2D eigenvalue weighted by Gasteiger charge is -2.32. The van der Waals surface area contributed by atoms with Crippen molar-refractivity contribution in [3.05, 3.63) is 47.5 Å². The van der Waals surface area contributed by atoms with Crippen molar-refractivity contribution >= 4 is 5.91 Å². The second-order valence-electron chi connectivity index (χ2n) is 6.46. The zero-order chi connectivity index (χ0) is 18.8. The topological polar surface area (TPSA) is 114 Å². The molecule has 4 rings (SSSR count). The first-order valence-corrected chi connectivity index (χ1v) is 8.66. The number of amides is 1. The Bertz CT molecular complexity index is 999. The van der Waals surface area contributed by atoms with Gasteiger partial charge in [0.15, 0.2) is 5.69 Å². The lowest BCUT2D eigenvalue weighted by atomic mass is 10.0. The monoisotopic (exact) mass is 363 g/mol. The first kappa shape index (κ1) is 16.9. The minimum Gasteiger partial charge on any atom is -0.339 e. The highest BCUT2D eigenvalue weighted by atomic mass is 16.5. The van der Waals surface area contributed by atoms with E-state index in [2.05, 4.69) is 26.5 Å². The Balaban J connectivity index is 1.48. The quantitative estimate of drug-likeness (QED) is 0.699. The van der Waals surface area contributed by atoms with Crippen LogP contribution in [0.5, 0.6) is 0 Å². The second-order valence-corrected chi connectivity index (χ2v) is 6.46. The highest BCUT2D eigenvalue weighted by Gasteiger charge is 2.27. The molecular formula is C18H17N7O2. The van der Waals surface area contributed by atoms with Crippen LogP contribution >= 0.6 is 0 Å². The third-order valence-electron chi connectivity index (χ3n) is 4.59. The molecule has 0 radical (unpaired) electrons. The summed E-state index contributed by atoms with van der Waals surface area (Å²) in [5, 5.41) is 21.0. The molecule has 1 amide bonds. The molecule has 3 heterocycles. The molecule has 1 saturated heterocycles. The molecule has 0 aliphatic carbocycles. The van der Waals surface area contributed by atoms with E-state index < -0.39 is 0 Å². The van der Waals surface area contributed by atoms with Crippen molar-refractivity contribution in [3.63, 3.8) is 0 Å². The molecule has 1 aliphatic rings. The van der Waals surface area contributed by atoms with Gasteiger partial charge in [-0.2, -0.15) is 10.2 Å². The molecule has 3 aromatic rings. The number of carbonyl (C=O) groups excluding carboxylic acids is 1. The molecule has 1 unspecified atom stereocenters. The summed E-state index contributed by atoms with van der Waals surface area (Å²) in [6, 6.07) is 8.79. The number of likely N-dealkylation sites (tertiary alicyclic amines) is 1. The summed E-state index contributed by atoms with van der Waals surface area (Å²) in [6.07, 6.45) is 3.57. The van der Waals surface area contributed by atoms with Gasteiger partial charge >= 0.3 is 0 Å². The van der Waals surface area contributed by atoms with Crippen molar-refractivity contribution in [2.75, 3.05) is 13.1 Å². The molecule has 1 aliphatic heterocycles. The number of hydrogen-bond donors (Lipinski definition) is 0. The number of aromatic nitrogens is 5. The van der Waals surface area contributed by atoms with Crippen LogP contribution in [0.1, 0.15) is 40.7 Å². The fourth-order valence-electron chi connectivity index (χ4n) is 3.19. The predicted octanol–water partition coefficient (Wildman–Crippen LogP) is 1.99. The van der Waals surface area contributed by atoms with Crippen molar-refractivity contribution in [2.45, 2.75) is 25.8 Å². The summed E-state index contributed by atoms with van der Waals surface area (Å²) in [7, 11) is 0. The van der Waals surface area contributed by atoms with Gasteiger partial charge in [0.2, 0.25) is 11.7 Å². The van der Waals surface area contributed by atoms with E-state index in [0.29, 0.717) is 41.6 Å². The van der Waals surface area contributed by atoms with Crippen molar-refractivity contribution in [2.24, 2.45) is 0 Å². The van der Waals surface area contributed by atoms with Gasteiger partial charge in [-0.15, -0.1) is 5.10 Å². The molecule has 136 valence electrons. The minimum atomic E-state index is -0.0432. The van der Waals surface area contributed by atoms with Crippen LogP contribution in [-0.2, 0) is 0 Å². The number of carbonyl (C=O) groups is 1. The van der Waals surface area contributed by atoms with Gasteiger partial charge < -0.3 is 9.42 Å². The van der Waals surface area contributed by atoms with E-state index in [-0.39, 0.29) is 11.9 Å². The zero-order valence-electron chi connectivity index (χ0n) is 14.7. The number of benzene rings is 1. The van der Waals surface area contributed by atoms with Gasteiger partial charge in [0.05, 0.1) is 23.9 Å². The maximum Gasteiger partial charge on any atom is 0.253 e. The Hall–Kier alpha value is -3.54. The number of nitriles is 1. The average Bonchev–Trinajstić information content (AvgIpc) is 3.37. The van der Waals surface area contributed by atoms with Gasteiger partial charge in [0, 0.05) is 25.6 Å². The largest absolute Gasteiger partial charge is 0.339 e. The summed E-state index contributed by atoms with van der Waals surface area (Å²) in [5.41, 5.74) is 1.66. The predicted molar refractivity (Wildman–Crippen MR) is 93.4 cm³/mol. The Kier molecular flexibility index (Phi) is 4.38. The minimum absolute atomic E-state index is 0.0373. The third-order valence-corrected chi connectivity index (χ3v) is 4.59. The fraction of sp³-hybridized carbons (Fsp3) is 0.333. The van der Waals surface area contributed by atoms with Crippen molar-refractivity contribution in [1.82, 2.24) is 30.0 Å². The molecule has 9 heteroatoms. The van der Waals surface area contributed by atoms with E-state index in [4.69, 9.17) is 9.78 Å². The number of hydrogen-bond acceptors (Lipinski definition) is 7. The van der Waals surface area contributed by atoms with Crippen molar-refractivity contribution in [3.8, 4) is 17.6 Å². The van der Waals surface area contributed by atoms with Crippen LogP contribution in [0.2, 0.25) is 0 Å². The highest BCUT2D eigenvalue weighted by Crippen LogP contribution is 2.24.